The van der Waals surface area contributed by atoms with E-state index < -0.39 is 6.04 Å². The van der Waals surface area contributed by atoms with Crippen LogP contribution in [0.5, 0.6) is 0 Å². The van der Waals surface area contributed by atoms with Crippen LogP contribution < -0.4 is 5.32 Å². The predicted octanol–water partition coefficient (Wildman–Crippen LogP) is 1.01. The summed E-state index contributed by atoms with van der Waals surface area (Å²) in [5.74, 6) is -0.375. The molecule has 0 bridgehead atoms. The zero-order valence-electron chi connectivity index (χ0n) is 10.8. The van der Waals surface area contributed by atoms with Crippen molar-refractivity contribution in [1.29, 1.82) is 0 Å². The first kappa shape index (κ1) is 12.6. The molecular weight excluding hydrogens is 230 g/mol. The fourth-order valence-electron chi connectivity index (χ4n) is 2.00. The highest BCUT2D eigenvalue weighted by Gasteiger charge is 2.39. The first-order valence-electron chi connectivity index (χ1n) is 5.86. The first-order valence-corrected chi connectivity index (χ1v) is 5.86. The van der Waals surface area contributed by atoms with Crippen LogP contribution in [0, 0.1) is 6.92 Å². The lowest BCUT2D eigenvalue weighted by Gasteiger charge is -2.22. The number of hydrazine groups is 1. The average molecular weight is 247 g/mol. The van der Waals surface area contributed by atoms with Crippen LogP contribution in [0.4, 0.5) is 5.69 Å². The molecule has 1 aromatic rings. The van der Waals surface area contributed by atoms with Crippen LogP contribution in [0.2, 0.25) is 0 Å². The molecule has 1 fully saturated rings. The summed E-state index contributed by atoms with van der Waals surface area (Å²) in [5, 5.41) is 5.78. The quantitative estimate of drug-likeness (QED) is 0.810. The minimum Gasteiger partial charge on any atom is -0.373 e. The molecule has 2 amide bonds. The maximum absolute atomic E-state index is 12.0. The summed E-state index contributed by atoms with van der Waals surface area (Å²) in [7, 11) is 3.37. The first-order chi connectivity index (χ1) is 8.49. The Kier molecular flexibility index (Phi) is 3.34. The van der Waals surface area contributed by atoms with Gasteiger partial charge in [-0.2, -0.15) is 0 Å². The highest BCUT2D eigenvalue weighted by molar-refractivity contribution is 6.06. The van der Waals surface area contributed by atoms with Crippen LogP contribution in [0.1, 0.15) is 12.0 Å². The number of hydrogen-bond donors (Lipinski definition) is 1. The van der Waals surface area contributed by atoms with Crippen molar-refractivity contribution >= 4 is 17.5 Å². The van der Waals surface area contributed by atoms with Crippen molar-refractivity contribution in [1.82, 2.24) is 10.0 Å². The molecule has 1 saturated heterocycles. The summed E-state index contributed by atoms with van der Waals surface area (Å²) < 4.78 is 0. The van der Waals surface area contributed by atoms with Crippen LogP contribution >= 0.6 is 0 Å². The zero-order chi connectivity index (χ0) is 13.3. The van der Waals surface area contributed by atoms with E-state index in [2.05, 4.69) is 5.32 Å². The molecule has 5 heteroatoms. The van der Waals surface area contributed by atoms with Gasteiger partial charge in [-0.05, 0) is 19.1 Å². The molecule has 0 unspecified atom stereocenters. The molecule has 96 valence electrons. The highest BCUT2D eigenvalue weighted by atomic mass is 16.2. The number of nitrogens with zero attached hydrogens (tertiary/aromatic N) is 2. The summed E-state index contributed by atoms with van der Waals surface area (Å²) >= 11 is 0. The molecule has 1 aromatic carbocycles. The smallest absolute Gasteiger partial charge is 0.266 e. The molecule has 1 N–H and O–H groups in total. The van der Waals surface area contributed by atoms with Gasteiger partial charge in [0.25, 0.3) is 5.91 Å². The molecule has 2 rings (SSSR count). The highest BCUT2D eigenvalue weighted by Crippen LogP contribution is 2.19. The van der Waals surface area contributed by atoms with E-state index in [1.54, 1.807) is 14.1 Å². The molecule has 1 aliphatic heterocycles. The second-order valence-corrected chi connectivity index (χ2v) is 4.66. The van der Waals surface area contributed by atoms with Crippen LogP contribution in [0.3, 0.4) is 0 Å². The summed E-state index contributed by atoms with van der Waals surface area (Å²) in [4.78, 5) is 23.7. The molecule has 1 aliphatic rings. The number of aryl methyl sites for hydroxylation is 1. The third kappa shape index (κ3) is 2.36. The summed E-state index contributed by atoms with van der Waals surface area (Å²) in [5.41, 5.74) is 2.01. The van der Waals surface area contributed by atoms with Crippen molar-refractivity contribution in [3.8, 4) is 0 Å². The van der Waals surface area contributed by atoms with Gasteiger partial charge in [0.05, 0.1) is 6.42 Å². The SMILES string of the molecule is Cc1ccc(N[C@H]2CC(=O)N(N(C)C)C2=O)cc1. The second-order valence-electron chi connectivity index (χ2n) is 4.66. The van der Waals surface area contributed by atoms with E-state index in [4.69, 9.17) is 0 Å². The van der Waals surface area contributed by atoms with Gasteiger partial charge in [0, 0.05) is 19.8 Å². The van der Waals surface area contributed by atoms with Gasteiger partial charge in [0.1, 0.15) is 6.04 Å². The van der Waals surface area contributed by atoms with Gasteiger partial charge in [-0.15, -0.1) is 0 Å². The van der Waals surface area contributed by atoms with Crippen LogP contribution in [-0.4, -0.2) is 42.0 Å². The Morgan fingerprint density at radius 3 is 2.33 bits per heavy atom. The maximum atomic E-state index is 12.0. The van der Waals surface area contributed by atoms with Crippen molar-refractivity contribution in [3.05, 3.63) is 29.8 Å². The lowest BCUT2D eigenvalue weighted by Crippen LogP contribution is -2.43. The lowest BCUT2D eigenvalue weighted by atomic mass is 10.2. The number of benzene rings is 1. The van der Waals surface area contributed by atoms with Crippen molar-refractivity contribution in [3.63, 3.8) is 0 Å². The number of imide groups is 1. The van der Waals surface area contributed by atoms with E-state index in [-0.39, 0.29) is 18.2 Å². The number of anilines is 1. The Balaban J connectivity index is 2.10. The predicted molar refractivity (Wildman–Crippen MR) is 68.7 cm³/mol. The van der Waals surface area contributed by atoms with Crippen molar-refractivity contribution in [2.75, 3.05) is 19.4 Å². The third-order valence-corrected chi connectivity index (χ3v) is 2.91. The molecule has 0 aromatic heterocycles. The van der Waals surface area contributed by atoms with Crippen LogP contribution in [0.15, 0.2) is 24.3 Å². The summed E-state index contributed by atoms with van der Waals surface area (Å²) in [6, 6.07) is 7.28. The van der Waals surface area contributed by atoms with Crippen molar-refractivity contribution in [2.45, 2.75) is 19.4 Å². The van der Waals surface area contributed by atoms with Gasteiger partial charge in [-0.3, -0.25) is 9.59 Å². The summed E-state index contributed by atoms with van der Waals surface area (Å²) in [6.07, 6.45) is 0.199. The average Bonchev–Trinajstić information content (AvgIpc) is 2.57. The van der Waals surface area contributed by atoms with Gasteiger partial charge in [0.15, 0.2) is 0 Å². The summed E-state index contributed by atoms with van der Waals surface area (Å²) in [6.45, 7) is 2.00. The van der Waals surface area contributed by atoms with E-state index in [0.717, 1.165) is 11.3 Å². The van der Waals surface area contributed by atoms with Gasteiger partial charge in [-0.25, -0.2) is 10.0 Å². The van der Waals surface area contributed by atoms with E-state index in [1.807, 2.05) is 31.2 Å². The third-order valence-electron chi connectivity index (χ3n) is 2.91. The van der Waals surface area contributed by atoms with Gasteiger partial charge in [-0.1, -0.05) is 17.7 Å². The standard InChI is InChI=1S/C13H17N3O2/c1-9-4-6-10(7-5-9)14-11-8-12(17)16(13(11)18)15(2)3/h4-7,11,14H,8H2,1-3H3/t11-/m0/s1. The number of amides is 2. The molecule has 1 atom stereocenters. The number of nitrogens with one attached hydrogen (secondary N) is 1. The van der Waals surface area contributed by atoms with E-state index >= 15 is 0 Å². The largest absolute Gasteiger partial charge is 0.373 e. The number of rotatable bonds is 3. The normalized spacial score (nSPS) is 19.8. The minimum atomic E-state index is -0.470. The number of hydrogen-bond acceptors (Lipinski definition) is 4. The molecule has 0 radical (unpaired) electrons. The minimum absolute atomic E-state index is 0.172. The maximum Gasteiger partial charge on any atom is 0.266 e. The van der Waals surface area contributed by atoms with E-state index in [1.165, 1.54) is 10.0 Å². The molecule has 1 heterocycles. The van der Waals surface area contributed by atoms with Crippen molar-refractivity contribution in [2.24, 2.45) is 0 Å². The van der Waals surface area contributed by atoms with Crippen LogP contribution in [0.25, 0.3) is 0 Å². The topological polar surface area (TPSA) is 52.7 Å². The lowest BCUT2D eigenvalue weighted by molar-refractivity contribution is -0.152. The number of carbonyl (C=O) groups excluding carboxylic acids is 2. The van der Waals surface area contributed by atoms with Gasteiger partial charge < -0.3 is 5.32 Å². The molecule has 0 aliphatic carbocycles. The Bertz CT molecular complexity index is 468. The van der Waals surface area contributed by atoms with Gasteiger partial charge in [0.2, 0.25) is 5.91 Å². The molecular formula is C13H17N3O2. The van der Waals surface area contributed by atoms with Crippen molar-refractivity contribution < 1.29 is 9.59 Å². The van der Waals surface area contributed by atoms with E-state index in [9.17, 15) is 9.59 Å². The molecule has 5 nitrogen and oxygen atoms in total. The zero-order valence-corrected chi connectivity index (χ0v) is 10.8. The Labute approximate surface area is 106 Å². The monoisotopic (exact) mass is 247 g/mol. The van der Waals surface area contributed by atoms with Crippen LogP contribution in [-0.2, 0) is 9.59 Å². The Morgan fingerprint density at radius 1 is 1.22 bits per heavy atom. The number of carbonyl (C=O) groups is 2. The molecule has 0 saturated carbocycles. The molecule has 0 spiro atoms. The Morgan fingerprint density at radius 2 is 1.83 bits per heavy atom. The van der Waals surface area contributed by atoms with E-state index in [0.29, 0.717) is 0 Å². The molecule has 18 heavy (non-hydrogen) atoms. The second kappa shape index (κ2) is 4.78. The fraction of sp³-hybridized carbons (Fsp3) is 0.385. The fourth-order valence-corrected chi connectivity index (χ4v) is 2.00. The van der Waals surface area contributed by atoms with Gasteiger partial charge >= 0.3 is 0 Å². The Hall–Kier alpha value is -1.88.